The Kier molecular flexibility index (Phi) is 4.34. The third kappa shape index (κ3) is 3.66. The molecule has 6 nitrogen and oxygen atoms in total. The van der Waals surface area contributed by atoms with Gasteiger partial charge < -0.3 is 9.31 Å². The van der Waals surface area contributed by atoms with Gasteiger partial charge >= 0.3 is 7.12 Å². The fraction of sp³-hybridized carbons (Fsp3) is 0.471. The van der Waals surface area contributed by atoms with E-state index < -0.39 is 17.0 Å². The highest BCUT2D eigenvalue weighted by molar-refractivity contribution is 7.90. The molecule has 3 rings (SSSR count). The Balaban J connectivity index is 1.73. The van der Waals surface area contributed by atoms with Gasteiger partial charge in [-0.2, -0.15) is 5.10 Å². The van der Waals surface area contributed by atoms with Gasteiger partial charge in [0.2, 0.25) is 0 Å². The summed E-state index contributed by atoms with van der Waals surface area (Å²) in [4.78, 5) is 0.314. The molecule has 8 heteroatoms. The van der Waals surface area contributed by atoms with Crippen molar-refractivity contribution in [3.8, 4) is 0 Å². The number of aromatic nitrogens is 2. The molecule has 0 atom stereocenters. The first-order valence-corrected chi connectivity index (χ1v) is 10.0. The van der Waals surface area contributed by atoms with Crippen LogP contribution in [0.5, 0.6) is 0 Å². The van der Waals surface area contributed by atoms with Crippen LogP contribution in [0.15, 0.2) is 41.6 Å². The molecule has 1 saturated heterocycles. The van der Waals surface area contributed by atoms with Crippen LogP contribution in [0.1, 0.15) is 33.3 Å². The summed E-state index contributed by atoms with van der Waals surface area (Å²) < 4.78 is 36.9. The van der Waals surface area contributed by atoms with Crippen LogP contribution in [0, 0.1) is 0 Å². The largest absolute Gasteiger partial charge is 0.498 e. The summed E-state index contributed by atoms with van der Waals surface area (Å²) in [6, 6.07) is 6.83. The molecule has 1 aromatic heterocycles. The predicted octanol–water partition coefficient (Wildman–Crippen LogP) is 1.63. The van der Waals surface area contributed by atoms with E-state index in [-0.39, 0.29) is 11.2 Å². The van der Waals surface area contributed by atoms with Gasteiger partial charge in [-0.15, -0.1) is 0 Å². The van der Waals surface area contributed by atoms with E-state index in [2.05, 4.69) is 5.10 Å². The lowest BCUT2D eigenvalue weighted by Crippen LogP contribution is -2.41. The zero-order valence-electron chi connectivity index (χ0n) is 15.2. The molecule has 1 fully saturated rings. The molecule has 0 saturated carbocycles. The first-order valence-electron chi connectivity index (χ1n) is 8.15. The van der Waals surface area contributed by atoms with Crippen LogP contribution >= 0.6 is 0 Å². The minimum Gasteiger partial charge on any atom is -0.399 e. The van der Waals surface area contributed by atoms with Gasteiger partial charge in [0.05, 0.1) is 22.6 Å². The minimum atomic E-state index is -3.18. The first kappa shape index (κ1) is 18.2. The SMILES string of the molecule is CC1(C)OB(c2cnn(Cc3ccc(S(C)(=O)=O)cc3)c2)OC1(C)C. The van der Waals surface area contributed by atoms with Crippen LogP contribution in [0.4, 0.5) is 0 Å². The summed E-state index contributed by atoms with van der Waals surface area (Å²) in [5.74, 6) is 0. The highest BCUT2D eigenvalue weighted by Crippen LogP contribution is 2.36. The smallest absolute Gasteiger partial charge is 0.399 e. The number of benzene rings is 1. The summed E-state index contributed by atoms with van der Waals surface area (Å²) in [6.07, 6.45) is 4.84. The minimum absolute atomic E-state index is 0.314. The van der Waals surface area contributed by atoms with Gasteiger partial charge in [0.25, 0.3) is 0 Å². The average Bonchev–Trinajstić information content (AvgIpc) is 3.01. The van der Waals surface area contributed by atoms with Crippen molar-refractivity contribution >= 4 is 22.4 Å². The molecule has 2 aromatic rings. The van der Waals surface area contributed by atoms with E-state index in [1.165, 1.54) is 6.26 Å². The normalized spacial score (nSPS) is 19.3. The van der Waals surface area contributed by atoms with Crippen LogP contribution < -0.4 is 5.46 Å². The highest BCUT2D eigenvalue weighted by atomic mass is 32.2. The third-order valence-electron chi connectivity index (χ3n) is 4.87. The lowest BCUT2D eigenvalue weighted by Gasteiger charge is -2.32. The van der Waals surface area contributed by atoms with Crippen LogP contribution in [0.25, 0.3) is 0 Å². The van der Waals surface area contributed by atoms with Crippen molar-refractivity contribution in [2.45, 2.75) is 50.3 Å². The molecule has 1 aromatic carbocycles. The second-order valence-corrected chi connectivity index (χ2v) is 9.49. The number of hydrogen-bond donors (Lipinski definition) is 0. The van der Waals surface area contributed by atoms with E-state index in [1.807, 2.05) is 33.9 Å². The van der Waals surface area contributed by atoms with E-state index in [0.717, 1.165) is 11.0 Å². The first-order chi connectivity index (χ1) is 11.5. The van der Waals surface area contributed by atoms with Crippen molar-refractivity contribution in [3.05, 3.63) is 42.2 Å². The maximum absolute atomic E-state index is 11.5. The molecule has 0 amide bonds. The molecule has 0 bridgehead atoms. The van der Waals surface area contributed by atoms with E-state index in [0.29, 0.717) is 11.4 Å². The van der Waals surface area contributed by atoms with Crippen LogP contribution in [-0.2, 0) is 25.7 Å². The molecular formula is C17H23BN2O4S. The van der Waals surface area contributed by atoms with E-state index >= 15 is 0 Å². The number of nitrogens with zero attached hydrogens (tertiary/aromatic N) is 2. The van der Waals surface area contributed by atoms with Gasteiger partial charge in [-0.1, -0.05) is 12.1 Å². The van der Waals surface area contributed by atoms with Gasteiger partial charge in [0.1, 0.15) is 0 Å². The summed E-state index contributed by atoms with van der Waals surface area (Å²) in [5, 5.41) is 4.36. The zero-order valence-corrected chi connectivity index (χ0v) is 16.0. The summed E-state index contributed by atoms with van der Waals surface area (Å²) >= 11 is 0. The fourth-order valence-electron chi connectivity index (χ4n) is 2.60. The van der Waals surface area contributed by atoms with Crippen molar-refractivity contribution in [2.24, 2.45) is 0 Å². The number of sulfone groups is 1. The second-order valence-electron chi connectivity index (χ2n) is 7.48. The second kappa shape index (κ2) is 5.97. The molecule has 0 radical (unpaired) electrons. The topological polar surface area (TPSA) is 70.4 Å². The number of hydrogen-bond acceptors (Lipinski definition) is 5. The Bertz CT molecular complexity index is 856. The molecule has 0 N–H and O–H groups in total. The summed E-state index contributed by atoms with van der Waals surface area (Å²) in [6.45, 7) is 8.60. The predicted molar refractivity (Wildman–Crippen MR) is 96.6 cm³/mol. The van der Waals surface area contributed by atoms with E-state index in [4.69, 9.17) is 9.31 Å². The van der Waals surface area contributed by atoms with Gasteiger partial charge in [0.15, 0.2) is 9.84 Å². The van der Waals surface area contributed by atoms with Crippen molar-refractivity contribution in [2.75, 3.05) is 6.26 Å². The maximum Gasteiger partial charge on any atom is 0.498 e. The molecule has 0 unspecified atom stereocenters. The Morgan fingerprint density at radius 2 is 1.64 bits per heavy atom. The molecule has 25 heavy (non-hydrogen) atoms. The summed E-state index contributed by atoms with van der Waals surface area (Å²) in [5.41, 5.74) is 1.06. The standard InChI is InChI=1S/C17H23BN2O4S/c1-16(2)17(3,4)24-18(23-16)14-10-19-20(12-14)11-13-6-8-15(9-7-13)25(5,21)22/h6-10,12H,11H2,1-5H3. The summed E-state index contributed by atoms with van der Waals surface area (Å²) in [7, 11) is -3.62. The van der Waals surface area contributed by atoms with E-state index in [9.17, 15) is 8.42 Å². The van der Waals surface area contributed by atoms with Gasteiger partial charge in [0, 0.05) is 24.1 Å². The van der Waals surface area contributed by atoms with Crippen LogP contribution in [0.3, 0.4) is 0 Å². The Morgan fingerprint density at radius 1 is 1.08 bits per heavy atom. The molecule has 2 heterocycles. The van der Waals surface area contributed by atoms with Crippen molar-refractivity contribution < 1.29 is 17.7 Å². The Morgan fingerprint density at radius 3 is 2.16 bits per heavy atom. The molecular weight excluding hydrogens is 339 g/mol. The Hall–Kier alpha value is -1.64. The third-order valence-corrected chi connectivity index (χ3v) is 6.00. The van der Waals surface area contributed by atoms with Gasteiger partial charge in [-0.25, -0.2) is 8.42 Å². The highest BCUT2D eigenvalue weighted by Gasteiger charge is 2.52. The van der Waals surface area contributed by atoms with Crippen molar-refractivity contribution in [1.29, 1.82) is 0 Å². The van der Waals surface area contributed by atoms with Crippen molar-refractivity contribution in [3.63, 3.8) is 0 Å². The lowest BCUT2D eigenvalue weighted by molar-refractivity contribution is 0.00578. The molecule has 0 spiro atoms. The lowest BCUT2D eigenvalue weighted by atomic mass is 9.82. The average molecular weight is 362 g/mol. The molecule has 134 valence electrons. The quantitative estimate of drug-likeness (QED) is 0.774. The van der Waals surface area contributed by atoms with Crippen molar-refractivity contribution in [1.82, 2.24) is 9.78 Å². The molecule has 0 aliphatic carbocycles. The van der Waals surface area contributed by atoms with Crippen LogP contribution in [0.2, 0.25) is 0 Å². The molecule has 1 aliphatic heterocycles. The Labute approximate surface area is 149 Å². The monoisotopic (exact) mass is 362 g/mol. The zero-order chi connectivity index (χ0) is 18.5. The maximum atomic E-state index is 11.5. The number of rotatable bonds is 4. The van der Waals surface area contributed by atoms with Crippen LogP contribution in [-0.4, -0.2) is 42.8 Å². The van der Waals surface area contributed by atoms with Gasteiger partial charge in [-0.05, 0) is 45.4 Å². The fourth-order valence-corrected chi connectivity index (χ4v) is 3.23. The van der Waals surface area contributed by atoms with E-state index in [1.54, 1.807) is 35.1 Å². The molecule has 1 aliphatic rings. The van der Waals surface area contributed by atoms with Gasteiger partial charge in [-0.3, -0.25) is 4.68 Å².